The molecule has 0 amide bonds. The van der Waals surface area contributed by atoms with Gasteiger partial charge < -0.3 is 5.32 Å². The highest BCUT2D eigenvalue weighted by Crippen LogP contribution is 2.25. The lowest BCUT2D eigenvalue weighted by Gasteiger charge is -2.31. The molecule has 2 rings (SSSR count). The zero-order valence-electron chi connectivity index (χ0n) is 13.0. The molecule has 0 spiro atoms. The number of hydrogen-bond acceptors (Lipinski definition) is 3. The van der Waals surface area contributed by atoms with Crippen LogP contribution in [-0.2, 0) is 16.4 Å². The molecule has 0 aliphatic carbocycles. The maximum Gasteiger partial charge on any atom is 0.243 e. The van der Waals surface area contributed by atoms with Crippen molar-refractivity contribution >= 4 is 10.0 Å². The molecule has 0 bridgehead atoms. The summed E-state index contributed by atoms with van der Waals surface area (Å²) in [4.78, 5) is 0.484. The van der Waals surface area contributed by atoms with E-state index in [1.54, 1.807) is 10.4 Å². The smallest absolute Gasteiger partial charge is 0.243 e. The molecule has 1 aromatic rings. The standard InChI is InChI=1S/C16H26N2O2S/c1-3-15-7-5-6-8-16(15)21(19,20)18-11-9-14(10-12-18)13-17-4-2/h5-8,14,17H,3-4,9-13H2,1-2H3. The zero-order chi connectivity index (χ0) is 15.3. The first-order chi connectivity index (χ1) is 10.1. The van der Waals surface area contributed by atoms with Crippen LogP contribution in [0, 0.1) is 5.92 Å². The fraction of sp³-hybridized carbons (Fsp3) is 0.625. The second kappa shape index (κ2) is 7.38. The van der Waals surface area contributed by atoms with Crippen LogP contribution in [0.15, 0.2) is 29.2 Å². The fourth-order valence-electron chi connectivity index (χ4n) is 2.89. The second-order valence-electron chi connectivity index (χ2n) is 5.62. The van der Waals surface area contributed by atoms with Gasteiger partial charge in [0.1, 0.15) is 0 Å². The quantitative estimate of drug-likeness (QED) is 0.877. The molecule has 0 radical (unpaired) electrons. The van der Waals surface area contributed by atoms with E-state index in [4.69, 9.17) is 0 Å². The van der Waals surface area contributed by atoms with Gasteiger partial charge in [-0.05, 0) is 49.9 Å². The molecule has 1 fully saturated rings. The summed E-state index contributed by atoms with van der Waals surface area (Å²) in [6.07, 6.45) is 2.63. The van der Waals surface area contributed by atoms with Crippen molar-refractivity contribution in [2.45, 2.75) is 38.0 Å². The summed E-state index contributed by atoms with van der Waals surface area (Å²) in [5.74, 6) is 0.595. The number of piperidine rings is 1. The SMILES string of the molecule is CCNCC1CCN(S(=O)(=O)c2ccccc2CC)CC1. The summed E-state index contributed by atoms with van der Waals surface area (Å²) in [6.45, 7) is 7.34. The first-order valence-corrected chi connectivity index (χ1v) is 9.32. The van der Waals surface area contributed by atoms with Crippen LogP contribution in [0.1, 0.15) is 32.3 Å². The molecule has 0 unspecified atom stereocenters. The average Bonchev–Trinajstić information content (AvgIpc) is 2.53. The van der Waals surface area contributed by atoms with Crippen LogP contribution >= 0.6 is 0 Å². The van der Waals surface area contributed by atoms with Gasteiger partial charge >= 0.3 is 0 Å². The third kappa shape index (κ3) is 3.84. The molecule has 0 aromatic heterocycles. The molecule has 4 nitrogen and oxygen atoms in total. The molecular weight excluding hydrogens is 284 g/mol. The number of benzene rings is 1. The lowest BCUT2D eigenvalue weighted by Crippen LogP contribution is -2.41. The van der Waals surface area contributed by atoms with Crippen molar-refractivity contribution in [1.82, 2.24) is 9.62 Å². The summed E-state index contributed by atoms with van der Waals surface area (Å²) in [5.41, 5.74) is 0.910. The van der Waals surface area contributed by atoms with Gasteiger partial charge in [-0.1, -0.05) is 32.0 Å². The monoisotopic (exact) mass is 310 g/mol. The Bertz CT molecular complexity index is 549. The van der Waals surface area contributed by atoms with Gasteiger partial charge in [0, 0.05) is 13.1 Å². The van der Waals surface area contributed by atoms with E-state index in [9.17, 15) is 8.42 Å². The van der Waals surface area contributed by atoms with Crippen LogP contribution in [0.3, 0.4) is 0 Å². The van der Waals surface area contributed by atoms with Gasteiger partial charge in [-0.3, -0.25) is 0 Å². The topological polar surface area (TPSA) is 49.4 Å². The van der Waals surface area contributed by atoms with Gasteiger partial charge in [-0.15, -0.1) is 0 Å². The van der Waals surface area contributed by atoms with Crippen molar-refractivity contribution in [3.63, 3.8) is 0 Å². The molecule has 1 saturated heterocycles. The van der Waals surface area contributed by atoms with Gasteiger partial charge in [0.05, 0.1) is 4.90 Å². The Kier molecular flexibility index (Phi) is 5.79. The van der Waals surface area contributed by atoms with Gasteiger partial charge in [0.2, 0.25) is 10.0 Å². The predicted octanol–water partition coefficient (Wildman–Crippen LogP) is 2.26. The van der Waals surface area contributed by atoms with E-state index in [0.717, 1.165) is 37.9 Å². The second-order valence-corrected chi connectivity index (χ2v) is 7.52. The Balaban J connectivity index is 2.08. The first kappa shape index (κ1) is 16.5. The van der Waals surface area contributed by atoms with Crippen LogP contribution in [0.5, 0.6) is 0 Å². The summed E-state index contributed by atoms with van der Waals surface area (Å²) < 4.78 is 27.3. The first-order valence-electron chi connectivity index (χ1n) is 7.88. The van der Waals surface area contributed by atoms with Crippen molar-refractivity contribution < 1.29 is 8.42 Å². The minimum Gasteiger partial charge on any atom is -0.317 e. The van der Waals surface area contributed by atoms with Crippen LogP contribution < -0.4 is 5.32 Å². The summed E-state index contributed by atoms with van der Waals surface area (Å²) >= 11 is 0. The van der Waals surface area contributed by atoms with E-state index < -0.39 is 10.0 Å². The molecule has 0 saturated carbocycles. The molecule has 1 heterocycles. The minimum absolute atomic E-state index is 0.484. The number of nitrogens with one attached hydrogen (secondary N) is 1. The molecule has 1 aliphatic rings. The molecule has 0 atom stereocenters. The Hall–Kier alpha value is -0.910. The van der Waals surface area contributed by atoms with Gasteiger partial charge in [0.25, 0.3) is 0 Å². The van der Waals surface area contributed by atoms with Crippen LogP contribution in [0.4, 0.5) is 0 Å². The Morgan fingerprint density at radius 1 is 1.19 bits per heavy atom. The lowest BCUT2D eigenvalue weighted by molar-refractivity contribution is 0.268. The maximum atomic E-state index is 12.8. The highest BCUT2D eigenvalue weighted by Gasteiger charge is 2.30. The third-order valence-electron chi connectivity index (χ3n) is 4.23. The summed E-state index contributed by atoms with van der Waals surface area (Å²) in [5, 5.41) is 3.35. The Labute approximate surface area is 128 Å². The van der Waals surface area contributed by atoms with E-state index in [1.807, 2.05) is 25.1 Å². The maximum absolute atomic E-state index is 12.8. The minimum atomic E-state index is -3.34. The predicted molar refractivity (Wildman–Crippen MR) is 85.8 cm³/mol. The summed E-state index contributed by atoms with van der Waals surface area (Å²) in [7, 11) is -3.34. The zero-order valence-corrected chi connectivity index (χ0v) is 13.8. The number of rotatable bonds is 6. The fourth-order valence-corrected chi connectivity index (χ4v) is 4.65. The largest absolute Gasteiger partial charge is 0.317 e. The molecule has 1 aliphatic heterocycles. The number of nitrogens with zero attached hydrogens (tertiary/aromatic N) is 1. The van der Waals surface area contributed by atoms with Gasteiger partial charge in [0.15, 0.2) is 0 Å². The summed E-state index contributed by atoms with van der Waals surface area (Å²) in [6, 6.07) is 7.36. The van der Waals surface area contributed by atoms with Crippen molar-refractivity contribution in [2.24, 2.45) is 5.92 Å². The van der Waals surface area contributed by atoms with Crippen molar-refractivity contribution in [1.29, 1.82) is 0 Å². The van der Waals surface area contributed by atoms with E-state index in [0.29, 0.717) is 23.9 Å². The molecule has 118 valence electrons. The van der Waals surface area contributed by atoms with Crippen molar-refractivity contribution in [2.75, 3.05) is 26.2 Å². The van der Waals surface area contributed by atoms with Crippen molar-refractivity contribution in [3.8, 4) is 0 Å². The van der Waals surface area contributed by atoms with Crippen LogP contribution in [-0.4, -0.2) is 38.9 Å². The lowest BCUT2D eigenvalue weighted by atomic mass is 9.98. The third-order valence-corrected chi connectivity index (χ3v) is 6.23. The van der Waals surface area contributed by atoms with E-state index >= 15 is 0 Å². The number of hydrogen-bond donors (Lipinski definition) is 1. The molecule has 1 N–H and O–H groups in total. The van der Waals surface area contributed by atoms with E-state index in [2.05, 4.69) is 12.2 Å². The molecule has 5 heteroatoms. The Morgan fingerprint density at radius 3 is 2.48 bits per heavy atom. The molecular formula is C16H26N2O2S. The normalized spacial score (nSPS) is 18.0. The van der Waals surface area contributed by atoms with Crippen LogP contribution in [0.2, 0.25) is 0 Å². The van der Waals surface area contributed by atoms with E-state index in [1.165, 1.54) is 0 Å². The van der Waals surface area contributed by atoms with E-state index in [-0.39, 0.29) is 0 Å². The molecule has 1 aromatic carbocycles. The van der Waals surface area contributed by atoms with Crippen molar-refractivity contribution in [3.05, 3.63) is 29.8 Å². The number of sulfonamides is 1. The van der Waals surface area contributed by atoms with Crippen LogP contribution in [0.25, 0.3) is 0 Å². The highest BCUT2D eigenvalue weighted by molar-refractivity contribution is 7.89. The number of aryl methyl sites for hydroxylation is 1. The van der Waals surface area contributed by atoms with Gasteiger partial charge in [-0.25, -0.2) is 8.42 Å². The highest BCUT2D eigenvalue weighted by atomic mass is 32.2. The Morgan fingerprint density at radius 2 is 1.86 bits per heavy atom. The van der Waals surface area contributed by atoms with Gasteiger partial charge in [-0.2, -0.15) is 4.31 Å². The molecule has 21 heavy (non-hydrogen) atoms. The average molecular weight is 310 g/mol.